The number of sulfone groups is 1. The molecule has 0 aliphatic rings. The summed E-state index contributed by atoms with van der Waals surface area (Å²) in [6.45, 7) is 3.44. The average Bonchev–Trinajstić information content (AvgIpc) is 2.71. The maximum absolute atomic E-state index is 13.3. The lowest BCUT2D eigenvalue weighted by molar-refractivity contribution is -0.138. The van der Waals surface area contributed by atoms with E-state index < -0.39 is 27.5 Å². The third-order valence-corrected chi connectivity index (χ3v) is 7.40. The highest BCUT2D eigenvalue weighted by atomic mass is 35.5. The second-order valence-corrected chi connectivity index (χ2v) is 10.2. The van der Waals surface area contributed by atoms with Crippen LogP contribution < -0.4 is 0 Å². The van der Waals surface area contributed by atoms with Crippen molar-refractivity contribution in [3.05, 3.63) is 28.2 Å². The van der Waals surface area contributed by atoms with Crippen LogP contribution in [0.1, 0.15) is 45.4 Å². The van der Waals surface area contributed by atoms with E-state index in [0.29, 0.717) is 26.1 Å². The number of hydrogen-bond acceptors (Lipinski definition) is 5. The number of rotatable bonds is 15. The fraction of sp³-hybridized carbons (Fsp3) is 0.619. The molecule has 0 heterocycles. The van der Waals surface area contributed by atoms with Crippen molar-refractivity contribution in [3.8, 4) is 0 Å². The molecular formula is C21H31Cl2NO6S. The molecule has 0 saturated heterocycles. The quantitative estimate of drug-likeness (QED) is 0.364. The van der Waals surface area contributed by atoms with E-state index in [1.165, 1.54) is 18.2 Å². The van der Waals surface area contributed by atoms with Gasteiger partial charge in [0.25, 0.3) is 0 Å². The van der Waals surface area contributed by atoms with Crippen molar-refractivity contribution in [1.29, 1.82) is 0 Å². The molecule has 0 aliphatic carbocycles. The number of hydrogen-bond donors (Lipinski definition) is 1. The van der Waals surface area contributed by atoms with Gasteiger partial charge >= 0.3 is 5.97 Å². The lowest BCUT2D eigenvalue weighted by Gasteiger charge is -2.27. The molecule has 10 heteroatoms. The maximum Gasteiger partial charge on any atom is 0.303 e. The van der Waals surface area contributed by atoms with Gasteiger partial charge in [-0.2, -0.15) is 0 Å². The van der Waals surface area contributed by atoms with Gasteiger partial charge in [0.15, 0.2) is 9.84 Å². The fourth-order valence-corrected chi connectivity index (χ4v) is 5.12. The van der Waals surface area contributed by atoms with E-state index in [4.69, 9.17) is 33.0 Å². The minimum atomic E-state index is -3.88. The minimum absolute atomic E-state index is 0.0491. The van der Waals surface area contributed by atoms with Crippen LogP contribution in [0, 0.1) is 5.92 Å². The van der Waals surface area contributed by atoms with E-state index in [1.54, 1.807) is 12.0 Å². The number of carbonyl (C=O) groups excluding carboxylic acids is 1. The Morgan fingerprint density at radius 3 is 2.39 bits per heavy atom. The third kappa shape index (κ3) is 9.76. The molecule has 0 saturated carbocycles. The molecule has 7 nitrogen and oxygen atoms in total. The third-order valence-electron chi connectivity index (χ3n) is 4.85. The zero-order valence-electron chi connectivity index (χ0n) is 18.0. The van der Waals surface area contributed by atoms with Crippen molar-refractivity contribution in [2.75, 3.05) is 32.6 Å². The average molecular weight is 496 g/mol. The van der Waals surface area contributed by atoms with Crippen molar-refractivity contribution in [1.82, 2.24) is 4.90 Å². The van der Waals surface area contributed by atoms with Crippen molar-refractivity contribution in [3.63, 3.8) is 0 Å². The second-order valence-electron chi connectivity index (χ2n) is 7.37. The van der Waals surface area contributed by atoms with Crippen LogP contribution in [-0.2, 0) is 24.2 Å². The van der Waals surface area contributed by atoms with Gasteiger partial charge in [-0.15, -0.1) is 0 Å². The van der Waals surface area contributed by atoms with E-state index >= 15 is 0 Å². The SMILES string of the molecule is CCCCCN(CCCOC)C(=O)C(CCC(=O)O)CS(=O)(=O)c1ccc(Cl)c(Cl)c1. The number of unbranched alkanes of at least 4 members (excludes halogenated alkanes) is 2. The number of amides is 1. The highest BCUT2D eigenvalue weighted by Crippen LogP contribution is 2.27. The summed E-state index contributed by atoms with van der Waals surface area (Å²) >= 11 is 11.8. The summed E-state index contributed by atoms with van der Waals surface area (Å²) in [4.78, 5) is 25.9. The van der Waals surface area contributed by atoms with Gasteiger partial charge in [0.2, 0.25) is 5.91 Å². The van der Waals surface area contributed by atoms with Crippen LogP contribution in [0.3, 0.4) is 0 Å². The molecule has 0 fully saturated rings. The number of ether oxygens (including phenoxy) is 1. The van der Waals surface area contributed by atoms with Gasteiger partial charge in [0, 0.05) is 33.2 Å². The molecule has 0 radical (unpaired) electrons. The number of carboxylic acids is 1. The summed E-state index contributed by atoms with van der Waals surface area (Å²) in [5.41, 5.74) is 0. The zero-order chi connectivity index (χ0) is 23.4. The number of carboxylic acid groups (broad SMARTS) is 1. The number of nitrogens with zero attached hydrogens (tertiary/aromatic N) is 1. The smallest absolute Gasteiger partial charge is 0.303 e. The van der Waals surface area contributed by atoms with Crippen LogP contribution >= 0.6 is 23.2 Å². The van der Waals surface area contributed by atoms with E-state index in [-0.39, 0.29) is 33.7 Å². The predicted molar refractivity (Wildman–Crippen MR) is 121 cm³/mol. The summed E-state index contributed by atoms with van der Waals surface area (Å²) in [7, 11) is -2.31. The lowest BCUT2D eigenvalue weighted by atomic mass is 10.0. The highest BCUT2D eigenvalue weighted by Gasteiger charge is 2.30. The number of methoxy groups -OCH3 is 1. The normalized spacial score (nSPS) is 12.5. The minimum Gasteiger partial charge on any atom is -0.481 e. The molecule has 1 aromatic rings. The molecule has 1 rings (SSSR count). The largest absolute Gasteiger partial charge is 0.481 e. The lowest BCUT2D eigenvalue weighted by Crippen LogP contribution is -2.40. The summed E-state index contributed by atoms with van der Waals surface area (Å²) in [6, 6.07) is 3.96. The molecule has 176 valence electrons. The summed E-state index contributed by atoms with van der Waals surface area (Å²) in [5, 5.41) is 9.40. The van der Waals surface area contributed by atoms with Crippen molar-refractivity contribution >= 4 is 44.9 Å². The Balaban J connectivity index is 3.10. The molecule has 1 unspecified atom stereocenters. The topological polar surface area (TPSA) is 101 Å². The first-order chi connectivity index (χ1) is 14.6. The van der Waals surface area contributed by atoms with Crippen LogP contribution in [-0.4, -0.2) is 62.9 Å². The molecular weight excluding hydrogens is 465 g/mol. The molecule has 1 N–H and O–H groups in total. The van der Waals surface area contributed by atoms with E-state index in [2.05, 4.69) is 6.92 Å². The molecule has 1 amide bonds. The zero-order valence-corrected chi connectivity index (χ0v) is 20.3. The Kier molecular flexibility index (Phi) is 12.4. The molecule has 0 bridgehead atoms. The van der Waals surface area contributed by atoms with Crippen LogP contribution in [0.2, 0.25) is 10.0 Å². The van der Waals surface area contributed by atoms with Gasteiger partial charge < -0.3 is 14.7 Å². The van der Waals surface area contributed by atoms with E-state index in [1.807, 2.05) is 0 Å². The van der Waals surface area contributed by atoms with Gasteiger partial charge in [-0.05, 0) is 37.5 Å². The van der Waals surface area contributed by atoms with Gasteiger partial charge in [-0.25, -0.2) is 8.42 Å². The summed E-state index contributed by atoms with van der Waals surface area (Å²) in [5.74, 6) is -2.90. The molecule has 0 aliphatic heterocycles. The first-order valence-corrected chi connectivity index (χ1v) is 12.7. The van der Waals surface area contributed by atoms with Crippen molar-refractivity contribution in [2.24, 2.45) is 5.92 Å². The van der Waals surface area contributed by atoms with E-state index in [9.17, 15) is 18.0 Å². The number of aliphatic carboxylic acids is 1. The van der Waals surface area contributed by atoms with Gasteiger partial charge in [-0.1, -0.05) is 43.0 Å². The number of carbonyl (C=O) groups is 2. The Morgan fingerprint density at radius 1 is 1.13 bits per heavy atom. The molecule has 0 aromatic heterocycles. The van der Waals surface area contributed by atoms with Gasteiger partial charge in [0.05, 0.1) is 26.6 Å². The number of benzene rings is 1. The monoisotopic (exact) mass is 495 g/mol. The van der Waals surface area contributed by atoms with Crippen LogP contribution in [0.5, 0.6) is 0 Å². The molecule has 1 atom stereocenters. The summed E-state index contributed by atoms with van der Waals surface area (Å²) < 4.78 is 31.0. The van der Waals surface area contributed by atoms with Crippen LogP contribution in [0.25, 0.3) is 0 Å². The first-order valence-electron chi connectivity index (χ1n) is 10.3. The summed E-state index contributed by atoms with van der Waals surface area (Å²) in [6.07, 6.45) is 2.96. The van der Waals surface area contributed by atoms with E-state index in [0.717, 1.165) is 19.3 Å². The van der Waals surface area contributed by atoms with Gasteiger partial charge in [-0.3, -0.25) is 9.59 Å². The maximum atomic E-state index is 13.3. The molecule has 31 heavy (non-hydrogen) atoms. The Hall–Kier alpha value is -1.35. The predicted octanol–water partition coefficient (Wildman–Crippen LogP) is 4.30. The Labute approximate surface area is 194 Å². The molecule has 0 spiro atoms. The van der Waals surface area contributed by atoms with Crippen LogP contribution in [0.15, 0.2) is 23.1 Å². The fourth-order valence-electron chi connectivity index (χ4n) is 3.15. The van der Waals surface area contributed by atoms with Crippen molar-refractivity contribution in [2.45, 2.75) is 50.3 Å². The second kappa shape index (κ2) is 13.9. The molecule has 1 aromatic carbocycles. The van der Waals surface area contributed by atoms with Crippen LogP contribution in [0.4, 0.5) is 0 Å². The Bertz CT molecular complexity index is 821. The van der Waals surface area contributed by atoms with Gasteiger partial charge in [0.1, 0.15) is 0 Å². The first kappa shape index (κ1) is 27.7. The Morgan fingerprint density at radius 2 is 1.81 bits per heavy atom. The highest BCUT2D eigenvalue weighted by molar-refractivity contribution is 7.91. The standard InChI is InChI=1S/C21H31Cl2NO6S/c1-3-4-5-11-24(12-6-13-30-2)21(27)16(7-10-20(25)26)15-31(28,29)17-8-9-18(22)19(23)14-17/h8-9,14,16H,3-7,10-13,15H2,1-2H3,(H,25,26). The number of halogens is 2. The van der Waals surface area contributed by atoms with Crippen molar-refractivity contribution < 1.29 is 27.9 Å².